The Morgan fingerprint density at radius 1 is 1.08 bits per heavy atom. The molecule has 4 rings (SSSR count). The molecule has 2 aliphatic rings. The van der Waals surface area contributed by atoms with E-state index in [1.807, 2.05) is 30.0 Å². The van der Waals surface area contributed by atoms with Crippen molar-refractivity contribution in [3.63, 3.8) is 0 Å². The molecule has 2 aromatic rings. The second-order valence-corrected chi connectivity index (χ2v) is 7.65. The van der Waals surface area contributed by atoms with Crippen LogP contribution in [0.5, 0.6) is 0 Å². The molecule has 1 unspecified atom stereocenters. The van der Waals surface area contributed by atoms with Gasteiger partial charge in [0.25, 0.3) is 6.43 Å². The van der Waals surface area contributed by atoms with Crippen LogP contribution in [-0.4, -0.2) is 58.0 Å². The normalized spacial score (nSPS) is 21.3. The monoisotopic (exact) mass is 363 g/mol. The molecule has 8 heteroatoms. The highest BCUT2D eigenvalue weighted by Gasteiger charge is 2.26. The number of nitrogens with zero attached hydrogens (tertiary/aromatic N) is 5. The molecule has 5 nitrogen and oxygen atoms in total. The lowest BCUT2D eigenvalue weighted by Crippen LogP contribution is -2.48. The fourth-order valence-electron chi connectivity index (χ4n) is 3.16. The Balaban J connectivity index is 1.58. The predicted octanol–water partition coefficient (Wildman–Crippen LogP) is 3.18. The fraction of sp³-hybridized carbons (Fsp3) is 0.471. The van der Waals surface area contributed by atoms with Crippen LogP contribution in [0, 0.1) is 0 Å². The van der Waals surface area contributed by atoms with Crippen LogP contribution in [0.3, 0.4) is 0 Å². The van der Waals surface area contributed by atoms with Crippen LogP contribution in [0.2, 0.25) is 0 Å². The number of alkyl halides is 2. The number of fused-ring (bicyclic) bond motifs is 1. The lowest BCUT2D eigenvalue weighted by molar-refractivity contribution is 0.141. The number of thioether (sulfide) groups is 1. The summed E-state index contributed by atoms with van der Waals surface area (Å²) in [5.41, 5.74) is 0.565. The highest BCUT2D eigenvalue weighted by Crippen LogP contribution is 2.29. The smallest absolute Gasteiger partial charge is 0.297 e. The number of aromatic nitrogens is 2. The quantitative estimate of drug-likeness (QED) is 0.820. The standard InChI is InChI=1S/C17H19F2N5S/c1-11-10-20-17(25-11)24-8-6-23(7-9-24)16-12-4-2-3-5-13(12)21-15(22-16)14(18)19/h2-5,11,14H,6-10H2,1H3. The summed E-state index contributed by atoms with van der Waals surface area (Å²) in [6, 6.07) is 7.35. The molecule has 1 atom stereocenters. The topological polar surface area (TPSA) is 44.6 Å². The van der Waals surface area contributed by atoms with Crippen LogP contribution in [0.4, 0.5) is 14.6 Å². The lowest BCUT2D eigenvalue weighted by atomic mass is 10.2. The number of anilines is 1. The Kier molecular flexibility index (Phi) is 4.45. The van der Waals surface area contributed by atoms with Gasteiger partial charge in [0, 0.05) is 36.8 Å². The van der Waals surface area contributed by atoms with E-state index in [-0.39, 0.29) is 0 Å². The zero-order valence-corrected chi connectivity index (χ0v) is 14.7. The summed E-state index contributed by atoms with van der Waals surface area (Å²) in [5, 5.41) is 2.46. The van der Waals surface area contributed by atoms with E-state index in [9.17, 15) is 8.78 Å². The van der Waals surface area contributed by atoms with Crippen LogP contribution in [0.15, 0.2) is 29.3 Å². The van der Waals surface area contributed by atoms with Crippen molar-refractivity contribution >= 4 is 33.7 Å². The summed E-state index contributed by atoms with van der Waals surface area (Å²) in [4.78, 5) is 17.1. The number of rotatable bonds is 2. The molecular weight excluding hydrogens is 344 g/mol. The average Bonchev–Trinajstić information content (AvgIpc) is 3.07. The maximum Gasteiger partial charge on any atom is 0.297 e. The second kappa shape index (κ2) is 6.74. The van der Waals surface area contributed by atoms with Gasteiger partial charge in [0.15, 0.2) is 11.0 Å². The van der Waals surface area contributed by atoms with E-state index in [1.54, 1.807) is 6.07 Å². The van der Waals surface area contributed by atoms with Gasteiger partial charge < -0.3 is 9.80 Å². The third-order valence-corrected chi connectivity index (χ3v) is 5.59. The summed E-state index contributed by atoms with van der Waals surface area (Å²) >= 11 is 1.81. The first-order valence-corrected chi connectivity index (χ1v) is 9.25. The van der Waals surface area contributed by atoms with E-state index < -0.39 is 12.2 Å². The van der Waals surface area contributed by atoms with Crippen LogP contribution >= 0.6 is 11.8 Å². The van der Waals surface area contributed by atoms with Crippen molar-refractivity contribution in [1.82, 2.24) is 14.9 Å². The van der Waals surface area contributed by atoms with Gasteiger partial charge in [0.2, 0.25) is 0 Å². The minimum Gasteiger partial charge on any atom is -0.352 e. The Labute approximate surface area is 149 Å². The molecule has 1 aromatic heterocycles. The first-order chi connectivity index (χ1) is 12.1. The first-order valence-electron chi connectivity index (χ1n) is 8.37. The van der Waals surface area contributed by atoms with Gasteiger partial charge >= 0.3 is 0 Å². The molecule has 1 fully saturated rings. The zero-order valence-electron chi connectivity index (χ0n) is 13.9. The molecule has 132 valence electrons. The number of aliphatic imine (C=N–C) groups is 1. The number of hydrogen-bond acceptors (Lipinski definition) is 6. The van der Waals surface area contributed by atoms with E-state index in [2.05, 4.69) is 31.7 Å². The van der Waals surface area contributed by atoms with E-state index in [1.165, 1.54) is 0 Å². The zero-order chi connectivity index (χ0) is 17.4. The van der Waals surface area contributed by atoms with Crippen LogP contribution in [0.25, 0.3) is 10.9 Å². The maximum absolute atomic E-state index is 13.2. The number of amidine groups is 1. The van der Waals surface area contributed by atoms with Crippen molar-refractivity contribution < 1.29 is 8.78 Å². The molecule has 0 bridgehead atoms. The summed E-state index contributed by atoms with van der Waals surface area (Å²) < 4.78 is 26.4. The van der Waals surface area contributed by atoms with Gasteiger partial charge in [0.1, 0.15) is 5.82 Å². The number of hydrogen-bond donors (Lipinski definition) is 0. The van der Waals surface area contributed by atoms with Crippen molar-refractivity contribution in [3.8, 4) is 0 Å². The molecule has 25 heavy (non-hydrogen) atoms. The van der Waals surface area contributed by atoms with E-state index >= 15 is 0 Å². The Bertz CT molecular complexity index is 805. The maximum atomic E-state index is 13.2. The Morgan fingerprint density at radius 2 is 1.80 bits per heavy atom. The Morgan fingerprint density at radius 3 is 2.48 bits per heavy atom. The van der Waals surface area contributed by atoms with Gasteiger partial charge in [-0.3, -0.25) is 4.99 Å². The van der Waals surface area contributed by atoms with Crippen molar-refractivity contribution in [3.05, 3.63) is 30.1 Å². The molecule has 0 saturated carbocycles. The molecule has 3 heterocycles. The number of para-hydroxylation sites is 1. The van der Waals surface area contributed by atoms with Crippen molar-refractivity contribution in [1.29, 1.82) is 0 Å². The summed E-state index contributed by atoms with van der Waals surface area (Å²) in [7, 11) is 0. The van der Waals surface area contributed by atoms with Crippen molar-refractivity contribution in [2.75, 3.05) is 37.6 Å². The van der Waals surface area contributed by atoms with Crippen molar-refractivity contribution in [2.24, 2.45) is 4.99 Å². The first kappa shape index (κ1) is 16.5. The largest absolute Gasteiger partial charge is 0.352 e. The van der Waals surface area contributed by atoms with Crippen LogP contribution < -0.4 is 4.90 Å². The van der Waals surface area contributed by atoms with E-state index in [0.717, 1.165) is 43.3 Å². The summed E-state index contributed by atoms with van der Waals surface area (Å²) in [6.07, 6.45) is -2.67. The molecule has 0 N–H and O–H groups in total. The molecule has 2 aliphatic heterocycles. The molecule has 0 aliphatic carbocycles. The fourth-order valence-corrected chi connectivity index (χ4v) is 4.15. The van der Waals surface area contributed by atoms with Gasteiger partial charge in [-0.1, -0.05) is 30.8 Å². The van der Waals surface area contributed by atoms with Gasteiger partial charge in [-0.25, -0.2) is 18.7 Å². The number of piperazine rings is 1. The van der Waals surface area contributed by atoms with Gasteiger partial charge in [0.05, 0.1) is 12.1 Å². The van der Waals surface area contributed by atoms with Gasteiger partial charge in [-0.15, -0.1) is 0 Å². The SMILES string of the molecule is CC1CN=C(N2CCN(c3nc(C(F)F)nc4ccccc34)CC2)S1. The Hall–Kier alpha value is -1.96. The third kappa shape index (κ3) is 3.27. The predicted molar refractivity (Wildman–Crippen MR) is 97.6 cm³/mol. The third-order valence-electron chi connectivity index (χ3n) is 4.44. The number of benzene rings is 1. The summed E-state index contributed by atoms with van der Waals surface area (Å²) in [6.45, 7) is 6.15. The van der Waals surface area contributed by atoms with Crippen LogP contribution in [-0.2, 0) is 0 Å². The molecule has 1 saturated heterocycles. The highest BCUT2D eigenvalue weighted by molar-refractivity contribution is 8.14. The average molecular weight is 363 g/mol. The van der Waals surface area contributed by atoms with Gasteiger partial charge in [-0.05, 0) is 12.1 Å². The summed E-state index contributed by atoms with van der Waals surface area (Å²) in [5.74, 6) is 0.204. The van der Waals surface area contributed by atoms with Gasteiger partial charge in [-0.2, -0.15) is 0 Å². The molecule has 0 amide bonds. The van der Waals surface area contributed by atoms with Crippen LogP contribution in [0.1, 0.15) is 19.2 Å². The molecule has 0 radical (unpaired) electrons. The molecule has 0 spiro atoms. The van der Waals surface area contributed by atoms with E-state index in [0.29, 0.717) is 16.6 Å². The minimum atomic E-state index is -2.67. The minimum absolute atomic E-state index is 0.402. The molecular formula is C17H19F2N5S. The number of halogens is 2. The lowest BCUT2D eigenvalue weighted by Gasteiger charge is -2.36. The molecule has 1 aromatic carbocycles. The van der Waals surface area contributed by atoms with Crippen molar-refractivity contribution in [2.45, 2.75) is 18.6 Å². The second-order valence-electron chi connectivity index (χ2n) is 6.25. The highest BCUT2D eigenvalue weighted by atomic mass is 32.2. The van der Waals surface area contributed by atoms with E-state index in [4.69, 9.17) is 0 Å².